The van der Waals surface area contributed by atoms with Gasteiger partial charge in [-0.1, -0.05) is 0 Å². The van der Waals surface area contributed by atoms with Gasteiger partial charge in [-0.15, -0.1) is 0 Å². The Hall–Kier alpha value is -4.31. The second-order valence-corrected chi connectivity index (χ2v) is 7.73. The van der Waals surface area contributed by atoms with E-state index in [0.717, 1.165) is 11.3 Å². The van der Waals surface area contributed by atoms with Crippen LogP contribution in [-0.2, 0) is 0 Å². The molecule has 1 amide bonds. The Bertz CT molecular complexity index is 1400. The average Bonchev–Trinajstić information content (AvgIpc) is 3.22. The molecular formula is C24H20N4O5S. The fourth-order valence-corrected chi connectivity index (χ4v) is 3.54. The number of nitrogens with zero attached hydrogens (tertiary/aromatic N) is 2. The van der Waals surface area contributed by atoms with Crippen LogP contribution in [-0.4, -0.2) is 27.5 Å². The van der Waals surface area contributed by atoms with Crippen molar-refractivity contribution in [3.05, 3.63) is 81.9 Å². The first-order chi connectivity index (χ1) is 16.3. The minimum absolute atomic E-state index is 0.0530. The number of nitro benzene ring substituents is 1. The first kappa shape index (κ1) is 22.9. The highest BCUT2D eigenvalue weighted by Gasteiger charge is 2.15. The molecule has 0 bridgehead atoms. The zero-order valence-electron chi connectivity index (χ0n) is 18.3. The quantitative estimate of drug-likeness (QED) is 0.220. The number of aryl methyl sites for hydroxylation is 1. The third-order valence-electron chi connectivity index (χ3n) is 4.94. The van der Waals surface area contributed by atoms with Crippen molar-refractivity contribution in [2.45, 2.75) is 13.8 Å². The fraction of sp³-hybridized carbons (Fsp3) is 0.125. The molecule has 0 aliphatic rings. The van der Waals surface area contributed by atoms with Gasteiger partial charge >= 0.3 is 0 Å². The first-order valence-corrected chi connectivity index (χ1v) is 10.8. The molecule has 0 unspecified atom stereocenters. The third kappa shape index (κ3) is 5.02. The summed E-state index contributed by atoms with van der Waals surface area (Å²) in [5.41, 5.74) is 3.25. The molecule has 10 heteroatoms. The molecule has 34 heavy (non-hydrogen) atoms. The predicted octanol–water partition coefficient (Wildman–Crippen LogP) is 5.24. The largest absolute Gasteiger partial charge is 0.494 e. The molecule has 3 aromatic carbocycles. The number of oxazole rings is 1. The van der Waals surface area contributed by atoms with Crippen LogP contribution >= 0.6 is 12.2 Å². The van der Waals surface area contributed by atoms with Crippen LogP contribution in [0.2, 0.25) is 0 Å². The number of hydrogen-bond acceptors (Lipinski definition) is 7. The van der Waals surface area contributed by atoms with Crippen LogP contribution in [0.15, 0.2) is 65.1 Å². The summed E-state index contributed by atoms with van der Waals surface area (Å²) in [5.74, 6) is 0.767. The van der Waals surface area contributed by atoms with Crippen molar-refractivity contribution < 1.29 is 18.9 Å². The number of nitro groups is 1. The smallest absolute Gasteiger partial charge is 0.272 e. The summed E-state index contributed by atoms with van der Waals surface area (Å²) in [7, 11) is 0. The average molecular weight is 477 g/mol. The Balaban J connectivity index is 1.44. The highest BCUT2D eigenvalue weighted by Crippen LogP contribution is 2.27. The lowest BCUT2D eigenvalue weighted by molar-refractivity contribution is -0.385. The number of fused-ring (bicyclic) bond motifs is 1. The van der Waals surface area contributed by atoms with E-state index in [0.29, 0.717) is 34.8 Å². The highest BCUT2D eigenvalue weighted by atomic mass is 32.1. The summed E-state index contributed by atoms with van der Waals surface area (Å²) in [4.78, 5) is 27.5. The van der Waals surface area contributed by atoms with Crippen LogP contribution in [0.4, 0.5) is 11.4 Å². The number of anilines is 1. The molecule has 0 atom stereocenters. The Kier molecular flexibility index (Phi) is 6.51. The van der Waals surface area contributed by atoms with Crippen LogP contribution in [0.1, 0.15) is 22.8 Å². The normalized spacial score (nSPS) is 10.6. The number of carbonyl (C=O) groups excluding carboxylic acids is 1. The van der Waals surface area contributed by atoms with E-state index >= 15 is 0 Å². The van der Waals surface area contributed by atoms with Crippen molar-refractivity contribution in [1.29, 1.82) is 0 Å². The molecule has 9 nitrogen and oxygen atoms in total. The van der Waals surface area contributed by atoms with Crippen LogP contribution in [0.3, 0.4) is 0 Å². The van der Waals surface area contributed by atoms with Crippen molar-refractivity contribution >= 4 is 45.7 Å². The maximum atomic E-state index is 12.5. The van der Waals surface area contributed by atoms with E-state index in [1.54, 1.807) is 25.1 Å². The molecule has 1 heterocycles. The van der Waals surface area contributed by atoms with E-state index < -0.39 is 10.8 Å². The second kappa shape index (κ2) is 9.67. The van der Waals surface area contributed by atoms with Crippen LogP contribution < -0.4 is 15.4 Å². The summed E-state index contributed by atoms with van der Waals surface area (Å²) < 4.78 is 11.3. The first-order valence-electron chi connectivity index (χ1n) is 10.3. The summed E-state index contributed by atoms with van der Waals surface area (Å²) in [6, 6.07) is 16.8. The van der Waals surface area contributed by atoms with Gasteiger partial charge in [-0.25, -0.2) is 4.98 Å². The molecule has 4 aromatic rings. The summed E-state index contributed by atoms with van der Waals surface area (Å²) in [6.07, 6.45) is 0. The van der Waals surface area contributed by atoms with E-state index in [9.17, 15) is 14.9 Å². The SMILES string of the molecule is CCOc1ccc(-c2nc3cc(NC(=S)NC(=O)c4ccc([N+](=O)[O-])c(C)c4)ccc3o2)cc1. The fourth-order valence-electron chi connectivity index (χ4n) is 3.33. The van der Waals surface area contributed by atoms with Gasteiger partial charge in [-0.05, 0) is 80.7 Å². The molecule has 0 fully saturated rings. The molecule has 0 saturated carbocycles. The van der Waals surface area contributed by atoms with Crippen molar-refractivity contribution in [3.63, 3.8) is 0 Å². The Morgan fingerprint density at radius 1 is 1.15 bits per heavy atom. The maximum absolute atomic E-state index is 12.5. The Morgan fingerprint density at radius 3 is 2.59 bits per heavy atom. The van der Waals surface area contributed by atoms with Crippen molar-refractivity contribution in [2.75, 3.05) is 11.9 Å². The van der Waals surface area contributed by atoms with Gasteiger partial charge in [0.1, 0.15) is 11.3 Å². The monoisotopic (exact) mass is 476 g/mol. The number of thiocarbonyl (C=S) groups is 1. The van der Waals surface area contributed by atoms with Crippen LogP contribution in [0, 0.1) is 17.0 Å². The zero-order valence-corrected chi connectivity index (χ0v) is 19.1. The molecule has 2 N–H and O–H groups in total. The van der Waals surface area contributed by atoms with Crippen molar-refractivity contribution in [1.82, 2.24) is 10.3 Å². The second-order valence-electron chi connectivity index (χ2n) is 7.33. The van der Waals surface area contributed by atoms with Gasteiger partial charge in [0.05, 0.1) is 11.5 Å². The number of benzene rings is 3. The zero-order chi connectivity index (χ0) is 24.2. The van der Waals surface area contributed by atoms with E-state index in [4.69, 9.17) is 21.4 Å². The highest BCUT2D eigenvalue weighted by molar-refractivity contribution is 7.80. The number of aromatic nitrogens is 1. The van der Waals surface area contributed by atoms with Gasteiger partial charge in [0.15, 0.2) is 10.7 Å². The lowest BCUT2D eigenvalue weighted by Crippen LogP contribution is -2.34. The molecule has 0 spiro atoms. The summed E-state index contributed by atoms with van der Waals surface area (Å²) >= 11 is 5.24. The number of carbonyl (C=O) groups is 1. The van der Waals surface area contributed by atoms with Gasteiger partial charge < -0.3 is 14.5 Å². The van der Waals surface area contributed by atoms with E-state index in [2.05, 4.69) is 15.6 Å². The lowest BCUT2D eigenvalue weighted by atomic mass is 10.1. The van der Waals surface area contributed by atoms with Gasteiger partial charge in [-0.3, -0.25) is 20.2 Å². The number of nitrogens with one attached hydrogen (secondary N) is 2. The van der Waals surface area contributed by atoms with Crippen molar-refractivity contribution in [3.8, 4) is 17.2 Å². The van der Waals surface area contributed by atoms with Gasteiger partial charge in [-0.2, -0.15) is 0 Å². The molecule has 0 aliphatic heterocycles. The molecule has 172 valence electrons. The predicted molar refractivity (Wildman–Crippen MR) is 132 cm³/mol. The molecule has 0 radical (unpaired) electrons. The number of rotatable bonds is 6. The van der Waals surface area contributed by atoms with Gasteiger partial charge in [0.2, 0.25) is 5.89 Å². The van der Waals surface area contributed by atoms with Crippen LogP contribution in [0.5, 0.6) is 5.75 Å². The molecular weight excluding hydrogens is 456 g/mol. The molecule has 0 aliphatic carbocycles. The lowest BCUT2D eigenvalue weighted by Gasteiger charge is -2.10. The van der Waals surface area contributed by atoms with E-state index in [-0.39, 0.29) is 16.4 Å². The van der Waals surface area contributed by atoms with Crippen LogP contribution in [0.25, 0.3) is 22.6 Å². The van der Waals surface area contributed by atoms with E-state index in [1.165, 1.54) is 18.2 Å². The van der Waals surface area contributed by atoms with Gasteiger partial charge in [0.25, 0.3) is 11.6 Å². The number of ether oxygens (including phenoxy) is 1. The van der Waals surface area contributed by atoms with Crippen molar-refractivity contribution in [2.24, 2.45) is 0 Å². The molecule has 1 aromatic heterocycles. The molecule has 4 rings (SSSR count). The summed E-state index contributed by atoms with van der Waals surface area (Å²) in [5, 5.41) is 16.5. The standard InChI is InChI=1S/C24H20N4O5S/c1-3-32-18-8-4-15(5-9-18)23-26-19-13-17(7-11-21(19)33-23)25-24(34)27-22(29)16-6-10-20(28(30)31)14(2)12-16/h4-13H,3H2,1-2H3,(H2,25,27,29,34). The minimum atomic E-state index is -0.495. The topological polar surface area (TPSA) is 120 Å². The van der Waals surface area contributed by atoms with E-state index in [1.807, 2.05) is 31.2 Å². The maximum Gasteiger partial charge on any atom is 0.272 e. The number of hydrogen-bond donors (Lipinski definition) is 2. The minimum Gasteiger partial charge on any atom is -0.494 e. The third-order valence-corrected chi connectivity index (χ3v) is 5.14. The number of amides is 1. The molecule has 0 saturated heterocycles. The van der Waals surface area contributed by atoms with Gasteiger partial charge in [0, 0.05) is 28.4 Å². The Morgan fingerprint density at radius 2 is 1.91 bits per heavy atom. The Labute approximate surface area is 199 Å². The summed E-state index contributed by atoms with van der Waals surface area (Å²) in [6.45, 7) is 4.09.